The van der Waals surface area contributed by atoms with E-state index in [0.717, 1.165) is 5.69 Å². The maximum absolute atomic E-state index is 11.9. The topological polar surface area (TPSA) is 108 Å². The molecule has 2 rings (SSSR count). The zero-order chi connectivity index (χ0) is 17.7. The average molecular weight is 351 g/mol. The van der Waals surface area contributed by atoms with Crippen LogP contribution in [0.2, 0.25) is 0 Å². The fourth-order valence-corrected chi connectivity index (χ4v) is 3.10. The molecule has 0 radical (unpaired) electrons. The molecule has 1 amide bonds. The highest BCUT2D eigenvalue weighted by atomic mass is 32.2. The predicted octanol–water partition coefficient (Wildman–Crippen LogP) is 0.525. The Morgan fingerprint density at radius 2 is 2.04 bits per heavy atom. The van der Waals surface area contributed by atoms with Gasteiger partial charge in [0.15, 0.2) is 5.78 Å². The lowest BCUT2D eigenvalue weighted by atomic mass is 10.1. The van der Waals surface area contributed by atoms with Crippen molar-refractivity contribution in [2.24, 2.45) is 7.05 Å². The summed E-state index contributed by atoms with van der Waals surface area (Å²) >= 11 is 1.48. The summed E-state index contributed by atoms with van der Waals surface area (Å²) in [4.78, 5) is 23.5. The molecule has 1 N–H and O–H groups in total. The van der Waals surface area contributed by atoms with Gasteiger partial charge in [0.1, 0.15) is 0 Å². The summed E-state index contributed by atoms with van der Waals surface area (Å²) < 4.78 is 3.30. The summed E-state index contributed by atoms with van der Waals surface area (Å²) in [6.45, 7) is 6.16. The Balaban J connectivity index is 1.74. The summed E-state index contributed by atoms with van der Waals surface area (Å²) in [6, 6.07) is 0. The first kappa shape index (κ1) is 18.1. The van der Waals surface area contributed by atoms with E-state index in [1.165, 1.54) is 18.7 Å². The van der Waals surface area contributed by atoms with Crippen molar-refractivity contribution in [3.8, 4) is 0 Å². The maximum atomic E-state index is 11.9. The van der Waals surface area contributed by atoms with Crippen molar-refractivity contribution in [1.82, 2.24) is 35.3 Å². The fraction of sp³-hybridized carbons (Fsp3) is 0.571. The highest BCUT2D eigenvalue weighted by Gasteiger charge is 2.15. The molecule has 130 valence electrons. The third-order valence-electron chi connectivity index (χ3n) is 3.52. The molecular formula is C14H21N7O2S. The fourth-order valence-electron chi connectivity index (χ4n) is 2.40. The first-order valence-corrected chi connectivity index (χ1v) is 8.55. The molecule has 0 saturated heterocycles. The first-order valence-electron chi connectivity index (χ1n) is 7.57. The molecule has 10 heteroatoms. The minimum atomic E-state index is -0.0522. The van der Waals surface area contributed by atoms with Gasteiger partial charge in [-0.25, -0.2) is 4.68 Å². The van der Waals surface area contributed by atoms with E-state index in [2.05, 4.69) is 25.9 Å². The van der Waals surface area contributed by atoms with E-state index < -0.39 is 0 Å². The molecule has 0 aliphatic heterocycles. The third kappa shape index (κ3) is 4.40. The van der Waals surface area contributed by atoms with Crippen LogP contribution in [-0.2, 0) is 18.4 Å². The van der Waals surface area contributed by atoms with E-state index in [1.807, 2.05) is 6.92 Å². The second-order valence-electron chi connectivity index (χ2n) is 5.36. The number of aryl methyl sites for hydroxylation is 3. The Kier molecular flexibility index (Phi) is 6.07. The number of carbonyl (C=O) groups is 2. The SMILES string of the molecule is CC(=O)c1c(C)nn(CCC(=O)NCCSc2nnnn2C)c1C. The van der Waals surface area contributed by atoms with Gasteiger partial charge < -0.3 is 5.32 Å². The molecule has 9 nitrogen and oxygen atoms in total. The molecule has 2 heterocycles. The number of rotatable bonds is 8. The summed E-state index contributed by atoms with van der Waals surface area (Å²) in [5, 5.41) is 19.0. The first-order chi connectivity index (χ1) is 11.4. The van der Waals surface area contributed by atoms with Gasteiger partial charge in [-0.05, 0) is 31.2 Å². The molecule has 0 aromatic carbocycles. The molecular weight excluding hydrogens is 330 g/mol. The normalized spacial score (nSPS) is 10.8. The number of nitrogens with zero attached hydrogens (tertiary/aromatic N) is 6. The summed E-state index contributed by atoms with van der Waals surface area (Å²) in [5.41, 5.74) is 2.15. The summed E-state index contributed by atoms with van der Waals surface area (Å²) in [6.07, 6.45) is 0.315. The quantitative estimate of drug-likeness (QED) is 0.420. The lowest BCUT2D eigenvalue weighted by Crippen LogP contribution is -2.27. The monoisotopic (exact) mass is 351 g/mol. The number of ketones is 1. The van der Waals surface area contributed by atoms with Crippen LogP contribution >= 0.6 is 11.8 Å². The van der Waals surface area contributed by atoms with Gasteiger partial charge in [0, 0.05) is 38.0 Å². The highest BCUT2D eigenvalue weighted by Crippen LogP contribution is 2.14. The zero-order valence-corrected chi connectivity index (χ0v) is 15.1. The Morgan fingerprint density at radius 1 is 1.29 bits per heavy atom. The van der Waals surface area contributed by atoms with Crippen molar-refractivity contribution < 1.29 is 9.59 Å². The van der Waals surface area contributed by atoms with E-state index in [9.17, 15) is 9.59 Å². The van der Waals surface area contributed by atoms with E-state index in [-0.39, 0.29) is 11.7 Å². The average Bonchev–Trinajstić information content (AvgIpc) is 3.04. The molecule has 0 saturated carbocycles. The molecule has 24 heavy (non-hydrogen) atoms. The molecule has 0 bridgehead atoms. The smallest absolute Gasteiger partial charge is 0.221 e. The van der Waals surface area contributed by atoms with Gasteiger partial charge in [-0.3, -0.25) is 14.3 Å². The largest absolute Gasteiger partial charge is 0.355 e. The van der Waals surface area contributed by atoms with E-state index >= 15 is 0 Å². The predicted molar refractivity (Wildman–Crippen MR) is 88.9 cm³/mol. The molecule has 2 aromatic rings. The van der Waals surface area contributed by atoms with Crippen molar-refractivity contribution in [3.63, 3.8) is 0 Å². The van der Waals surface area contributed by atoms with E-state index in [4.69, 9.17) is 0 Å². The number of Topliss-reactive ketones (excluding diaryl/α,β-unsaturated/α-hetero) is 1. The number of tetrazole rings is 1. The van der Waals surface area contributed by atoms with Crippen LogP contribution in [0.1, 0.15) is 35.1 Å². The Bertz CT molecular complexity index is 738. The van der Waals surface area contributed by atoms with Crippen LogP contribution in [0, 0.1) is 13.8 Å². The Labute approximate surface area is 144 Å². The number of carbonyl (C=O) groups excluding carboxylic acids is 2. The van der Waals surface area contributed by atoms with Crippen molar-refractivity contribution in [2.45, 2.75) is 38.9 Å². The molecule has 0 spiro atoms. The number of hydrogen-bond acceptors (Lipinski definition) is 7. The Morgan fingerprint density at radius 3 is 2.62 bits per heavy atom. The standard InChI is InChI=1S/C14H21N7O2S/c1-9-13(11(3)22)10(2)21(17-9)7-5-12(23)15-6-8-24-14-16-18-19-20(14)4/h5-8H2,1-4H3,(H,15,23). The van der Waals surface area contributed by atoms with Crippen LogP contribution in [0.4, 0.5) is 0 Å². The summed E-state index contributed by atoms with van der Waals surface area (Å²) in [5.74, 6) is 0.633. The number of aromatic nitrogens is 6. The van der Waals surface area contributed by atoms with Gasteiger partial charge >= 0.3 is 0 Å². The second-order valence-corrected chi connectivity index (χ2v) is 6.42. The number of amides is 1. The van der Waals surface area contributed by atoms with Crippen molar-refractivity contribution in [1.29, 1.82) is 0 Å². The lowest BCUT2D eigenvalue weighted by molar-refractivity contribution is -0.121. The number of nitrogens with one attached hydrogen (secondary N) is 1. The van der Waals surface area contributed by atoms with Crippen molar-refractivity contribution >= 4 is 23.5 Å². The van der Waals surface area contributed by atoms with Crippen molar-refractivity contribution in [2.75, 3.05) is 12.3 Å². The van der Waals surface area contributed by atoms with Crippen LogP contribution in [-0.4, -0.2) is 54.0 Å². The third-order valence-corrected chi connectivity index (χ3v) is 4.53. The van der Waals surface area contributed by atoms with Gasteiger partial charge in [-0.15, -0.1) is 5.10 Å². The van der Waals surface area contributed by atoms with E-state index in [1.54, 1.807) is 23.3 Å². The van der Waals surface area contributed by atoms with E-state index in [0.29, 0.717) is 41.7 Å². The number of thioether (sulfide) groups is 1. The molecule has 0 atom stereocenters. The van der Waals surface area contributed by atoms with Gasteiger partial charge in [0.25, 0.3) is 0 Å². The van der Waals surface area contributed by atoms with Crippen LogP contribution in [0.15, 0.2) is 5.16 Å². The summed E-state index contributed by atoms with van der Waals surface area (Å²) in [7, 11) is 1.77. The molecule has 2 aromatic heterocycles. The molecule has 0 fully saturated rings. The molecule has 0 aliphatic rings. The second kappa shape index (κ2) is 8.04. The lowest BCUT2D eigenvalue weighted by Gasteiger charge is -2.06. The van der Waals surface area contributed by atoms with Gasteiger partial charge in [-0.2, -0.15) is 5.10 Å². The van der Waals surface area contributed by atoms with Gasteiger partial charge in [0.05, 0.1) is 11.3 Å². The zero-order valence-electron chi connectivity index (χ0n) is 14.2. The van der Waals surface area contributed by atoms with Crippen LogP contribution in [0.25, 0.3) is 0 Å². The molecule has 0 unspecified atom stereocenters. The van der Waals surface area contributed by atoms with Crippen molar-refractivity contribution in [3.05, 3.63) is 17.0 Å². The Hall–Kier alpha value is -2.23. The van der Waals surface area contributed by atoms with Gasteiger partial charge in [0.2, 0.25) is 11.1 Å². The van der Waals surface area contributed by atoms with Crippen LogP contribution in [0.3, 0.4) is 0 Å². The van der Waals surface area contributed by atoms with Crippen LogP contribution in [0.5, 0.6) is 0 Å². The highest BCUT2D eigenvalue weighted by molar-refractivity contribution is 7.99. The maximum Gasteiger partial charge on any atom is 0.221 e. The minimum Gasteiger partial charge on any atom is -0.355 e. The number of hydrogen-bond donors (Lipinski definition) is 1. The van der Waals surface area contributed by atoms with Crippen LogP contribution < -0.4 is 5.32 Å². The minimum absolute atomic E-state index is 0.00371. The van der Waals surface area contributed by atoms with Gasteiger partial charge in [-0.1, -0.05) is 11.8 Å². The molecule has 0 aliphatic carbocycles.